The number of aliphatic hydroxyl groups excluding tert-OH is 1. The molecule has 1 N–H and O–H groups in total. The van der Waals surface area contributed by atoms with Crippen molar-refractivity contribution >= 4 is 26.1 Å². The average molecular weight is 468 g/mol. The van der Waals surface area contributed by atoms with Gasteiger partial charge in [-0.1, -0.05) is 0 Å². The summed E-state index contributed by atoms with van der Waals surface area (Å²) in [4.78, 5) is 4.30. The van der Waals surface area contributed by atoms with E-state index in [1.54, 1.807) is 6.33 Å². The van der Waals surface area contributed by atoms with Crippen LogP contribution in [0.15, 0.2) is 61.1 Å². The topological polar surface area (TPSA) is 38.0 Å². The summed E-state index contributed by atoms with van der Waals surface area (Å²) in [5, 5.41) is 10.6. The number of rotatable bonds is 3. The van der Waals surface area contributed by atoms with Crippen molar-refractivity contribution in [2.45, 2.75) is 13.0 Å². The Labute approximate surface area is 140 Å². The molecule has 1 aromatic heterocycles. The van der Waals surface area contributed by atoms with Gasteiger partial charge in [-0.3, -0.25) is 0 Å². The summed E-state index contributed by atoms with van der Waals surface area (Å²) in [6, 6.07) is 16.3. The van der Waals surface area contributed by atoms with Crippen LogP contribution in [0.2, 0.25) is 0 Å². The SMILES string of the molecule is Cc1ccc(-c2ccccc2C(O)c2c[n]([Tl])cn2)cc1. The molecule has 3 rings (SSSR count). The molecule has 3 aromatic rings. The van der Waals surface area contributed by atoms with Crippen LogP contribution >= 0.6 is 0 Å². The normalized spacial score (nSPS) is 12.2. The minimum atomic E-state index is -0.692. The molecule has 0 aliphatic carbocycles. The van der Waals surface area contributed by atoms with Crippen molar-refractivity contribution in [3.8, 4) is 11.1 Å². The Morgan fingerprint density at radius 3 is 2.48 bits per heavy atom. The third-order valence-corrected chi connectivity index (χ3v) is 4.62. The van der Waals surface area contributed by atoms with Crippen molar-refractivity contribution in [3.05, 3.63) is 77.9 Å². The summed E-state index contributed by atoms with van der Waals surface area (Å²) in [5.41, 5.74) is 4.99. The molecule has 102 valence electrons. The fourth-order valence-corrected chi connectivity index (χ4v) is 3.24. The predicted octanol–water partition coefficient (Wildman–Crippen LogP) is 2.87. The molecule has 1 heterocycles. The second-order valence-electron chi connectivity index (χ2n) is 5.10. The van der Waals surface area contributed by atoms with E-state index in [0.717, 1.165) is 16.7 Å². The maximum atomic E-state index is 10.6. The molecule has 1 unspecified atom stereocenters. The molecule has 3 nitrogen and oxygen atoms in total. The van der Waals surface area contributed by atoms with Gasteiger partial charge in [0.15, 0.2) is 0 Å². The molecular weight excluding hydrogens is 453 g/mol. The fraction of sp³-hybridized carbons (Fsp3) is 0.118. The number of aryl methyl sites for hydroxylation is 1. The van der Waals surface area contributed by atoms with E-state index in [1.165, 1.54) is 5.56 Å². The van der Waals surface area contributed by atoms with E-state index in [0.29, 0.717) is 31.8 Å². The summed E-state index contributed by atoms with van der Waals surface area (Å²) in [6.45, 7) is 2.07. The van der Waals surface area contributed by atoms with Gasteiger partial charge < -0.3 is 0 Å². The number of nitrogens with zero attached hydrogens (tertiary/aromatic N) is 2. The van der Waals surface area contributed by atoms with Crippen molar-refractivity contribution in [1.29, 1.82) is 0 Å². The molecule has 4 heteroatoms. The zero-order valence-electron chi connectivity index (χ0n) is 11.8. The molecular formula is C17H15N2OTl. The first-order valence-corrected chi connectivity index (χ1v) is 8.79. The summed E-state index contributed by atoms with van der Waals surface area (Å²) >= 11 is 0.663. The Bertz CT molecular complexity index is 749. The predicted molar refractivity (Wildman–Crippen MR) is 84.1 cm³/mol. The van der Waals surface area contributed by atoms with Crippen LogP contribution in [0, 0.1) is 6.92 Å². The van der Waals surface area contributed by atoms with Crippen molar-refractivity contribution in [3.63, 3.8) is 0 Å². The first-order valence-electron chi connectivity index (χ1n) is 6.78. The molecule has 0 spiro atoms. The van der Waals surface area contributed by atoms with Crippen molar-refractivity contribution in [2.75, 3.05) is 0 Å². The van der Waals surface area contributed by atoms with Crippen LogP contribution in [0.3, 0.4) is 0 Å². The van der Waals surface area contributed by atoms with Gasteiger partial charge in [0.05, 0.1) is 0 Å². The molecule has 0 saturated carbocycles. The Kier molecular flexibility index (Phi) is 4.21. The Hall–Kier alpha value is -1.47. The van der Waals surface area contributed by atoms with Gasteiger partial charge in [-0.2, -0.15) is 0 Å². The van der Waals surface area contributed by atoms with E-state index in [-0.39, 0.29) is 0 Å². The van der Waals surface area contributed by atoms with Gasteiger partial charge >= 0.3 is 141 Å². The third-order valence-electron chi connectivity index (χ3n) is 3.52. The Morgan fingerprint density at radius 1 is 1.10 bits per heavy atom. The van der Waals surface area contributed by atoms with Crippen LogP contribution in [0.25, 0.3) is 11.1 Å². The molecule has 0 fully saturated rings. The summed E-state index contributed by atoms with van der Waals surface area (Å²) < 4.78 is 2.01. The zero-order chi connectivity index (χ0) is 14.8. The van der Waals surface area contributed by atoms with Gasteiger partial charge in [0, 0.05) is 0 Å². The number of benzene rings is 2. The monoisotopic (exact) mass is 468 g/mol. The molecule has 21 heavy (non-hydrogen) atoms. The van der Waals surface area contributed by atoms with E-state index in [4.69, 9.17) is 0 Å². The van der Waals surface area contributed by atoms with E-state index in [1.807, 2.05) is 32.8 Å². The number of aliphatic hydroxyl groups is 1. The fourth-order valence-electron chi connectivity index (χ4n) is 2.38. The third kappa shape index (κ3) is 3.08. The first-order chi connectivity index (χ1) is 10.1. The van der Waals surface area contributed by atoms with Crippen molar-refractivity contribution < 1.29 is 5.11 Å². The van der Waals surface area contributed by atoms with Crippen LogP contribution in [-0.2, 0) is 0 Å². The van der Waals surface area contributed by atoms with Gasteiger partial charge in [0.25, 0.3) is 0 Å². The second-order valence-corrected chi connectivity index (χ2v) is 7.42. The minimum absolute atomic E-state index is 0.663. The van der Waals surface area contributed by atoms with Gasteiger partial charge in [0.1, 0.15) is 0 Å². The molecule has 0 saturated heterocycles. The molecule has 0 aliphatic heterocycles. The van der Waals surface area contributed by atoms with Crippen LogP contribution in [0.1, 0.15) is 22.9 Å². The summed E-state index contributed by atoms with van der Waals surface area (Å²) in [7, 11) is 0. The molecule has 0 aliphatic rings. The van der Waals surface area contributed by atoms with Gasteiger partial charge in [0.2, 0.25) is 0 Å². The quantitative estimate of drug-likeness (QED) is 0.602. The average Bonchev–Trinajstić information content (AvgIpc) is 2.94. The van der Waals surface area contributed by atoms with Crippen LogP contribution < -0.4 is 0 Å². The molecule has 0 bridgehead atoms. The molecule has 2 aromatic carbocycles. The van der Waals surface area contributed by atoms with Crippen molar-refractivity contribution in [2.24, 2.45) is 0 Å². The Balaban J connectivity index is 2.05. The van der Waals surface area contributed by atoms with E-state index in [2.05, 4.69) is 36.2 Å². The molecule has 0 amide bonds. The van der Waals surface area contributed by atoms with Crippen LogP contribution in [-0.4, -0.2) is 38.5 Å². The number of hydrogen-bond acceptors (Lipinski definition) is 2. The van der Waals surface area contributed by atoms with Crippen molar-refractivity contribution in [1.82, 2.24) is 7.36 Å². The number of hydrogen-bond donors (Lipinski definition) is 1. The van der Waals surface area contributed by atoms with Crippen LogP contribution in [0.4, 0.5) is 0 Å². The van der Waals surface area contributed by atoms with Crippen LogP contribution in [0.5, 0.6) is 0 Å². The number of aromatic nitrogens is 2. The Morgan fingerprint density at radius 2 is 1.81 bits per heavy atom. The van der Waals surface area contributed by atoms with E-state index < -0.39 is 6.10 Å². The summed E-state index contributed by atoms with van der Waals surface area (Å²) in [5.74, 6) is 0. The van der Waals surface area contributed by atoms with Gasteiger partial charge in [-0.25, -0.2) is 0 Å². The number of imidazole rings is 1. The van der Waals surface area contributed by atoms with Gasteiger partial charge in [-0.05, 0) is 0 Å². The molecule has 1 atom stereocenters. The standard InChI is InChI=1S/C17H15N2O.Tl/c1-12-6-8-13(9-7-12)14-4-2-3-5-15(14)17(20)16-10-18-11-19-16;/h2-11,17,20H,1H3;/q-1;+1. The first kappa shape index (κ1) is 14.5. The second kappa shape index (κ2) is 6.11. The maximum absolute atomic E-state index is 10.6. The zero-order valence-corrected chi connectivity index (χ0v) is 16.3. The summed E-state index contributed by atoms with van der Waals surface area (Å²) in [6.07, 6.45) is 3.00. The van der Waals surface area contributed by atoms with Gasteiger partial charge in [-0.15, -0.1) is 0 Å². The molecule has 0 radical (unpaired) electrons. The van der Waals surface area contributed by atoms with E-state index >= 15 is 0 Å². The van der Waals surface area contributed by atoms with E-state index in [9.17, 15) is 5.11 Å².